The Labute approximate surface area is 85.5 Å². The van der Waals surface area contributed by atoms with Crippen LogP contribution in [0, 0.1) is 0 Å². The summed E-state index contributed by atoms with van der Waals surface area (Å²) in [5, 5.41) is 2.99. The Kier molecular flexibility index (Phi) is 2.13. The third-order valence-electron chi connectivity index (χ3n) is 2.47. The van der Waals surface area contributed by atoms with E-state index in [2.05, 4.69) is 10.3 Å². The van der Waals surface area contributed by atoms with Crippen LogP contribution in [0.3, 0.4) is 0 Å². The lowest BCUT2D eigenvalue weighted by atomic mass is 10.3. The summed E-state index contributed by atoms with van der Waals surface area (Å²) >= 11 is 0. The Balaban J connectivity index is 2.19. The third-order valence-corrected chi connectivity index (χ3v) is 2.47. The van der Waals surface area contributed by atoms with Crippen LogP contribution in [-0.2, 0) is 6.18 Å². The van der Waals surface area contributed by atoms with Crippen LogP contribution in [-0.4, -0.2) is 10.5 Å². The number of anilines is 1. The van der Waals surface area contributed by atoms with Crippen LogP contribution in [0.2, 0.25) is 0 Å². The lowest BCUT2D eigenvalue weighted by Crippen LogP contribution is -2.18. The number of aromatic nitrogens is 1. The molecule has 1 aliphatic carbocycles. The highest BCUT2D eigenvalue weighted by Gasteiger charge is 2.38. The van der Waals surface area contributed by atoms with Gasteiger partial charge in [0.15, 0.2) is 0 Å². The first-order valence-electron chi connectivity index (χ1n) is 4.72. The van der Waals surface area contributed by atoms with Crippen molar-refractivity contribution in [3.8, 4) is 0 Å². The molecule has 0 saturated heterocycles. The largest absolute Gasteiger partial charge is 0.433 e. The van der Waals surface area contributed by atoms with Crippen molar-refractivity contribution in [3.05, 3.63) is 23.9 Å². The van der Waals surface area contributed by atoms with Gasteiger partial charge in [0.05, 0.1) is 0 Å². The van der Waals surface area contributed by atoms with Crippen molar-refractivity contribution < 1.29 is 13.2 Å². The van der Waals surface area contributed by atoms with E-state index in [4.69, 9.17) is 0 Å². The van der Waals surface area contributed by atoms with Crippen molar-refractivity contribution in [2.24, 2.45) is 0 Å². The Morgan fingerprint density at radius 2 is 2.00 bits per heavy atom. The van der Waals surface area contributed by atoms with E-state index in [9.17, 15) is 13.2 Å². The fraction of sp³-hybridized carbons (Fsp3) is 0.500. The molecule has 0 atom stereocenters. The van der Waals surface area contributed by atoms with Gasteiger partial charge in [0, 0.05) is 5.54 Å². The Bertz CT molecular complexity index is 369. The predicted molar refractivity (Wildman–Crippen MR) is 50.5 cm³/mol. The molecule has 1 saturated carbocycles. The molecule has 1 heterocycles. The van der Waals surface area contributed by atoms with E-state index in [-0.39, 0.29) is 5.54 Å². The van der Waals surface area contributed by atoms with E-state index < -0.39 is 11.9 Å². The summed E-state index contributed by atoms with van der Waals surface area (Å²) in [5.74, 6) is 0.296. The molecule has 82 valence electrons. The number of hydrogen-bond donors (Lipinski definition) is 1. The standard InChI is InChI=1S/C10H11F3N2/c1-9(5-6-9)15-8-4-2-3-7(14-8)10(11,12)13/h2-4H,5-6H2,1H3,(H,14,15). The zero-order valence-electron chi connectivity index (χ0n) is 8.23. The maximum atomic E-state index is 12.3. The normalized spacial score (nSPS) is 18.7. The van der Waals surface area contributed by atoms with Crippen LogP contribution in [0.15, 0.2) is 18.2 Å². The minimum Gasteiger partial charge on any atom is -0.365 e. The average Bonchev–Trinajstić information content (AvgIpc) is 2.82. The summed E-state index contributed by atoms with van der Waals surface area (Å²) in [5.41, 5.74) is -0.909. The number of rotatable bonds is 2. The fourth-order valence-corrected chi connectivity index (χ4v) is 1.28. The highest BCUT2D eigenvalue weighted by atomic mass is 19.4. The van der Waals surface area contributed by atoms with Gasteiger partial charge in [-0.25, -0.2) is 4.98 Å². The number of halogens is 3. The quantitative estimate of drug-likeness (QED) is 0.821. The van der Waals surface area contributed by atoms with Crippen LogP contribution < -0.4 is 5.32 Å². The van der Waals surface area contributed by atoms with Gasteiger partial charge in [0.25, 0.3) is 0 Å². The molecule has 15 heavy (non-hydrogen) atoms. The van der Waals surface area contributed by atoms with Crippen LogP contribution >= 0.6 is 0 Å². The second kappa shape index (κ2) is 3.12. The molecular weight excluding hydrogens is 205 g/mol. The van der Waals surface area contributed by atoms with E-state index >= 15 is 0 Å². The van der Waals surface area contributed by atoms with Crippen molar-refractivity contribution >= 4 is 5.82 Å². The molecule has 0 radical (unpaired) electrons. The Morgan fingerprint density at radius 1 is 1.33 bits per heavy atom. The lowest BCUT2D eigenvalue weighted by Gasteiger charge is -2.13. The van der Waals surface area contributed by atoms with Gasteiger partial charge < -0.3 is 5.32 Å². The molecule has 0 amide bonds. The van der Waals surface area contributed by atoms with E-state index in [1.807, 2.05) is 6.92 Å². The minimum absolute atomic E-state index is 0.0583. The molecule has 1 aliphatic rings. The van der Waals surface area contributed by atoms with Crippen molar-refractivity contribution in [1.82, 2.24) is 4.98 Å². The van der Waals surface area contributed by atoms with Gasteiger partial charge in [0.1, 0.15) is 11.5 Å². The summed E-state index contributed by atoms with van der Waals surface area (Å²) in [7, 11) is 0. The van der Waals surface area contributed by atoms with Gasteiger partial charge in [-0.3, -0.25) is 0 Å². The number of alkyl halides is 3. The third kappa shape index (κ3) is 2.40. The van der Waals surface area contributed by atoms with Crippen molar-refractivity contribution in [3.63, 3.8) is 0 Å². The van der Waals surface area contributed by atoms with E-state index in [1.165, 1.54) is 6.07 Å². The maximum Gasteiger partial charge on any atom is 0.433 e. The molecule has 0 aliphatic heterocycles. The molecule has 2 nitrogen and oxygen atoms in total. The zero-order chi connectivity index (χ0) is 11.1. The predicted octanol–water partition coefficient (Wildman–Crippen LogP) is 3.06. The average molecular weight is 216 g/mol. The molecule has 1 fully saturated rings. The molecule has 0 bridgehead atoms. The Morgan fingerprint density at radius 3 is 2.53 bits per heavy atom. The molecule has 5 heteroatoms. The minimum atomic E-state index is -4.37. The number of hydrogen-bond acceptors (Lipinski definition) is 2. The highest BCUT2D eigenvalue weighted by Crippen LogP contribution is 2.38. The van der Waals surface area contributed by atoms with Gasteiger partial charge in [0.2, 0.25) is 0 Å². The molecule has 1 N–H and O–H groups in total. The molecule has 2 rings (SSSR count). The second-order valence-electron chi connectivity index (χ2n) is 4.09. The van der Waals surface area contributed by atoms with Gasteiger partial charge in [-0.15, -0.1) is 0 Å². The molecular formula is C10H11F3N2. The smallest absolute Gasteiger partial charge is 0.365 e. The zero-order valence-corrected chi connectivity index (χ0v) is 8.23. The van der Waals surface area contributed by atoms with Crippen molar-refractivity contribution in [2.75, 3.05) is 5.32 Å². The number of nitrogens with zero attached hydrogens (tertiary/aromatic N) is 1. The maximum absolute atomic E-state index is 12.3. The molecule has 0 aromatic carbocycles. The van der Waals surface area contributed by atoms with Gasteiger partial charge >= 0.3 is 6.18 Å². The van der Waals surface area contributed by atoms with Crippen molar-refractivity contribution in [1.29, 1.82) is 0 Å². The Hall–Kier alpha value is -1.26. The summed E-state index contributed by atoms with van der Waals surface area (Å²) in [6.45, 7) is 1.97. The first-order valence-corrected chi connectivity index (χ1v) is 4.72. The van der Waals surface area contributed by atoms with Crippen LogP contribution in [0.4, 0.5) is 19.0 Å². The summed E-state index contributed by atoms with van der Waals surface area (Å²) < 4.78 is 37.0. The first-order chi connectivity index (χ1) is 6.89. The molecule has 0 spiro atoms. The summed E-state index contributed by atoms with van der Waals surface area (Å²) in [6.07, 6.45) is -2.42. The first kappa shape index (κ1) is 10.3. The van der Waals surface area contributed by atoms with E-state index in [0.717, 1.165) is 18.9 Å². The lowest BCUT2D eigenvalue weighted by molar-refractivity contribution is -0.141. The summed E-state index contributed by atoms with van der Waals surface area (Å²) in [6, 6.07) is 3.89. The monoisotopic (exact) mass is 216 g/mol. The van der Waals surface area contributed by atoms with E-state index in [0.29, 0.717) is 5.82 Å². The van der Waals surface area contributed by atoms with Crippen LogP contribution in [0.5, 0.6) is 0 Å². The number of nitrogens with one attached hydrogen (secondary N) is 1. The second-order valence-corrected chi connectivity index (χ2v) is 4.09. The van der Waals surface area contributed by atoms with E-state index in [1.54, 1.807) is 6.07 Å². The SMILES string of the molecule is CC1(Nc2cccc(C(F)(F)F)n2)CC1. The van der Waals surface area contributed by atoms with Crippen LogP contribution in [0.1, 0.15) is 25.5 Å². The van der Waals surface area contributed by atoms with Crippen molar-refractivity contribution in [2.45, 2.75) is 31.5 Å². The summed E-state index contributed by atoms with van der Waals surface area (Å²) in [4.78, 5) is 3.53. The highest BCUT2D eigenvalue weighted by molar-refractivity contribution is 5.40. The fourth-order valence-electron chi connectivity index (χ4n) is 1.28. The molecule has 1 aromatic heterocycles. The van der Waals surface area contributed by atoms with Gasteiger partial charge in [-0.1, -0.05) is 6.07 Å². The molecule has 1 aromatic rings. The van der Waals surface area contributed by atoms with Gasteiger partial charge in [-0.05, 0) is 31.9 Å². The number of pyridine rings is 1. The van der Waals surface area contributed by atoms with Gasteiger partial charge in [-0.2, -0.15) is 13.2 Å². The topological polar surface area (TPSA) is 24.9 Å². The molecule has 0 unspecified atom stereocenters. The van der Waals surface area contributed by atoms with Crippen LogP contribution in [0.25, 0.3) is 0 Å².